The van der Waals surface area contributed by atoms with Gasteiger partial charge in [-0.3, -0.25) is 4.79 Å². The molecule has 2 N–H and O–H groups in total. The molecule has 0 spiro atoms. The minimum absolute atomic E-state index is 0.151. The molecular formula is C32H48O7Si. The van der Waals surface area contributed by atoms with Crippen LogP contribution < -0.4 is 10.4 Å². The monoisotopic (exact) mass is 572 g/mol. The summed E-state index contributed by atoms with van der Waals surface area (Å²) in [5, 5.41) is 19.6. The molecule has 0 bridgehead atoms. The van der Waals surface area contributed by atoms with Crippen molar-refractivity contribution in [3.63, 3.8) is 0 Å². The van der Waals surface area contributed by atoms with Gasteiger partial charge in [0, 0.05) is 13.2 Å². The highest BCUT2D eigenvalue weighted by Gasteiger charge is 2.52. The van der Waals surface area contributed by atoms with Crippen LogP contribution in [0.4, 0.5) is 0 Å². The molecule has 0 heterocycles. The van der Waals surface area contributed by atoms with E-state index >= 15 is 0 Å². The maximum atomic E-state index is 13.5. The number of carbonyl (C=O) groups is 2. The minimum Gasteiger partial charge on any atom is -0.466 e. The minimum atomic E-state index is -3.12. The lowest BCUT2D eigenvalue weighted by molar-refractivity contribution is -0.159. The number of ether oxygens (including phenoxy) is 2. The van der Waals surface area contributed by atoms with Gasteiger partial charge in [0.1, 0.15) is 0 Å². The van der Waals surface area contributed by atoms with E-state index in [-0.39, 0.29) is 37.9 Å². The number of aliphatic hydroxyl groups excluding tert-OH is 2. The number of unbranched alkanes of at least 4 members (excludes halogenated alkanes) is 6. The Hall–Kier alpha value is -2.52. The highest BCUT2D eigenvalue weighted by Crippen LogP contribution is 2.38. The molecule has 2 rings (SSSR count). The Morgan fingerprint density at radius 3 is 1.60 bits per heavy atom. The summed E-state index contributed by atoms with van der Waals surface area (Å²) in [5.74, 6) is -1.06. The molecular weight excluding hydrogens is 524 g/mol. The van der Waals surface area contributed by atoms with Crippen LogP contribution >= 0.6 is 0 Å². The van der Waals surface area contributed by atoms with Crippen molar-refractivity contribution in [2.24, 2.45) is 0 Å². The van der Waals surface area contributed by atoms with Crippen molar-refractivity contribution in [3.8, 4) is 0 Å². The van der Waals surface area contributed by atoms with E-state index in [4.69, 9.17) is 24.1 Å². The third-order valence-electron chi connectivity index (χ3n) is 6.96. The van der Waals surface area contributed by atoms with Crippen molar-refractivity contribution in [3.05, 3.63) is 60.7 Å². The van der Waals surface area contributed by atoms with Crippen LogP contribution in [0.2, 0.25) is 5.04 Å². The Balaban J connectivity index is 2.32. The SMILES string of the molecule is CC(C)(C)[Si](OC(CC(=O)OCCCCCCO)C(=O)OCCCCCCO)(c1ccccc1)c1ccccc1. The van der Waals surface area contributed by atoms with Crippen molar-refractivity contribution in [2.75, 3.05) is 26.4 Å². The maximum absolute atomic E-state index is 13.5. The van der Waals surface area contributed by atoms with Gasteiger partial charge in [-0.1, -0.05) is 94.3 Å². The smallest absolute Gasteiger partial charge is 0.334 e. The van der Waals surface area contributed by atoms with Crippen molar-refractivity contribution < 1.29 is 33.7 Å². The van der Waals surface area contributed by atoms with Crippen LogP contribution in [0.15, 0.2) is 60.7 Å². The molecule has 8 heteroatoms. The summed E-state index contributed by atoms with van der Waals surface area (Å²) in [5.41, 5.74) is 0. The van der Waals surface area contributed by atoms with Gasteiger partial charge < -0.3 is 24.1 Å². The molecule has 0 saturated carbocycles. The molecule has 0 saturated heterocycles. The molecule has 0 aliphatic carbocycles. The summed E-state index contributed by atoms with van der Waals surface area (Å²) in [6.45, 7) is 7.15. The Morgan fingerprint density at radius 2 is 1.15 bits per heavy atom. The molecule has 7 nitrogen and oxygen atoms in total. The van der Waals surface area contributed by atoms with E-state index in [9.17, 15) is 9.59 Å². The van der Waals surface area contributed by atoms with Gasteiger partial charge in [0.15, 0.2) is 6.10 Å². The van der Waals surface area contributed by atoms with E-state index in [2.05, 4.69) is 20.8 Å². The van der Waals surface area contributed by atoms with Gasteiger partial charge >= 0.3 is 11.9 Å². The van der Waals surface area contributed by atoms with Crippen molar-refractivity contribution in [2.45, 2.75) is 89.7 Å². The number of esters is 2. The zero-order valence-corrected chi connectivity index (χ0v) is 25.5. The van der Waals surface area contributed by atoms with Gasteiger partial charge in [0.2, 0.25) is 0 Å². The largest absolute Gasteiger partial charge is 0.466 e. The molecule has 222 valence electrons. The van der Waals surface area contributed by atoms with E-state index < -0.39 is 26.4 Å². The Morgan fingerprint density at radius 1 is 0.700 bits per heavy atom. The lowest BCUT2D eigenvalue weighted by atomic mass is 10.2. The third-order valence-corrected chi connectivity index (χ3v) is 12.0. The molecule has 40 heavy (non-hydrogen) atoms. The normalized spacial score (nSPS) is 12.6. The number of rotatable bonds is 19. The second-order valence-electron chi connectivity index (χ2n) is 11.1. The summed E-state index contributed by atoms with van der Waals surface area (Å²) < 4.78 is 18.1. The average molecular weight is 573 g/mol. The van der Waals surface area contributed by atoms with Gasteiger partial charge in [0.25, 0.3) is 8.32 Å². The van der Waals surface area contributed by atoms with Gasteiger partial charge in [0.05, 0.1) is 19.6 Å². The first kappa shape index (κ1) is 33.7. The lowest BCUT2D eigenvalue weighted by Gasteiger charge is -2.44. The fourth-order valence-electron chi connectivity index (χ4n) is 4.87. The van der Waals surface area contributed by atoms with Crippen LogP contribution in [0.1, 0.15) is 78.6 Å². The van der Waals surface area contributed by atoms with E-state index in [0.29, 0.717) is 12.8 Å². The van der Waals surface area contributed by atoms with Crippen LogP contribution in [-0.4, -0.2) is 63.0 Å². The Labute approximate surface area is 241 Å². The Kier molecular flexibility index (Phi) is 15.2. The summed E-state index contributed by atoms with van der Waals surface area (Å²) in [4.78, 5) is 26.4. The molecule has 0 aliphatic heterocycles. The summed E-state index contributed by atoms with van der Waals surface area (Å²) in [6, 6.07) is 20.0. The first-order valence-electron chi connectivity index (χ1n) is 14.6. The summed E-state index contributed by atoms with van der Waals surface area (Å²) in [6.07, 6.45) is 4.91. The van der Waals surface area contributed by atoms with Crippen LogP contribution in [0.25, 0.3) is 0 Å². The molecule has 0 radical (unpaired) electrons. The highest BCUT2D eigenvalue weighted by molar-refractivity contribution is 6.99. The van der Waals surface area contributed by atoms with Crippen molar-refractivity contribution in [1.29, 1.82) is 0 Å². The standard InChI is InChI=1S/C32H48O7Si/c1-32(2,3)40(27-18-10-8-11-19-27,28-20-12-9-13-21-28)39-29(31(36)38-25-17-7-5-15-23-34)26-30(35)37-24-16-6-4-14-22-33/h8-13,18-21,29,33-34H,4-7,14-17,22-26H2,1-3H3. The van der Waals surface area contributed by atoms with E-state index in [1.807, 2.05) is 60.7 Å². The molecule has 1 atom stereocenters. The number of hydrogen-bond acceptors (Lipinski definition) is 7. The topological polar surface area (TPSA) is 102 Å². The second kappa shape index (κ2) is 18.0. The average Bonchev–Trinajstić information content (AvgIpc) is 2.95. The molecule has 2 aromatic rings. The van der Waals surface area contributed by atoms with Gasteiger partial charge in [-0.05, 0) is 53.9 Å². The Bertz CT molecular complexity index is 936. The zero-order chi connectivity index (χ0) is 29.3. The third kappa shape index (κ3) is 10.5. The summed E-state index contributed by atoms with van der Waals surface area (Å²) >= 11 is 0. The van der Waals surface area contributed by atoms with Gasteiger partial charge in [-0.2, -0.15) is 0 Å². The van der Waals surface area contributed by atoms with E-state index in [1.54, 1.807) is 0 Å². The first-order valence-corrected chi connectivity index (χ1v) is 16.5. The lowest BCUT2D eigenvalue weighted by Crippen LogP contribution is -2.68. The predicted octanol–water partition coefficient (Wildman–Crippen LogP) is 4.51. The van der Waals surface area contributed by atoms with Crippen molar-refractivity contribution in [1.82, 2.24) is 0 Å². The van der Waals surface area contributed by atoms with Crippen LogP contribution in [0.3, 0.4) is 0 Å². The number of aliphatic hydroxyl groups is 2. The number of benzene rings is 2. The molecule has 0 aliphatic rings. The van der Waals surface area contributed by atoms with Crippen LogP contribution in [0.5, 0.6) is 0 Å². The van der Waals surface area contributed by atoms with Crippen LogP contribution in [0, 0.1) is 0 Å². The van der Waals surface area contributed by atoms with Crippen molar-refractivity contribution >= 4 is 30.6 Å². The first-order chi connectivity index (χ1) is 19.3. The molecule has 0 aromatic heterocycles. The fourth-order valence-corrected chi connectivity index (χ4v) is 9.50. The van der Waals surface area contributed by atoms with E-state index in [1.165, 1.54) is 0 Å². The molecule has 0 amide bonds. The molecule has 1 unspecified atom stereocenters. The highest BCUT2D eigenvalue weighted by atomic mass is 28.4. The van der Waals surface area contributed by atoms with E-state index in [0.717, 1.165) is 48.9 Å². The quantitative estimate of drug-likeness (QED) is 0.145. The van der Waals surface area contributed by atoms with Gasteiger partial charge in [-0.15, -0.1) is 0 Å². The predicted molar refractivity (Wildman–Crippen MR) is 160 cm³/mol. The summed E-state index contributed by atoms with van der Waals surface area (Å²) in [7, 11) is -3.12. The maximum Gasteiger partial charge on any atom is 0.334 e. The fraction of sp³-hybridized carbons (Fsp3) is 0.562. The van der Waals surface area contributed by atoms with Gasteiger partial charge in [-0.25, -0.2) is 4.79 Å². The number of hydrogen-bond donors (Lipinski definition) is 2. The molecule has 0 fully saturated rings. The second-order valence-corrected chi connectivity index (χ2v) is 15.4. The number of carbonyl (C=O) groups excluding carboxylic acids is 2. The molecule has 2 aromatic carbocycles. The zero-order valence-electron chi connectivity index (χ0n) is 24.5. The van der Waals surface area contributed by atoms with Crippen LogP contribution in [-0.2, 0) is 23.5 Å².